The fourth-order valence-electron chi connectivity index (χ4n) is 4.12. The normalized spacial score (nSPS) is 17.2. The number of rotatable bonds is 4. The first-order chi connectivity index (χ1) is 14.3. The Morgan fingerprint density at radius 2 is 1.50 bits per heavy atom. The van der Waals surface area contributed by atoms with E-state index in [9.17, 15) is 18.0 Å². The molecule has 0 amide bonds. The summed E-state index contributed by atoms with van der Waals surface area (Å²) in [4.78, 5) is 28.0. The van der Waals surface area contributed by atoms with Crippen LogP contribution >= 0.6 is 0 Å². The van der Waals surface area contributed by atoms with E-state index >= 15 is 0 Å². The molecule has 1 saturated heterocycles. The van der Waals surface area contributed by atoms with Gasteiger partial charge in [0.1, 0.15) is 5.70 Å². The van der Waals surface area contributed by atoms with Crippen LogP contribution in [-0.2, 0) is 10.0 Å². The van der Waals surface area contributed by atoms with E-state index in [2.05, 4.69) is 4.72 Å². The Bertz CT molecular complexity index is 1180. The number of benzene rings is 2. The number of Topliss-reactive ketones (excluding diaryl/α,β-unsaturated/α-hetero) is 2. The second-order valence-corrected chi connectivity index (χ2v) is 9.47. The van der Waals surface area contributed by atoms with Crippen molar-refractivity contribution in [3.8, 4) is 0 Å². The summed E-state index contributed by atoms with van der Waals surface area (Å²) >= 11 is 0. The minimum Gasteiger partial charge on any atom is -0.367 e. The number of piperidine rings is 1. The number of allylic oxidation sites excluding steroid dienone is 2. The minimum atomic E-state index is -4.28. The summed E-state index contributed by atoms with van der Waals surface area (Å²) < 4.78 is 29.4. The van der Waals surface area contributed by atoms with E-state index in [0.29, 0.717) is 18.8 Å². The Kier molecular flexibility index (Phi) is 5.24. The number of likely N-dealkylation sites (tertiary alicyclic amines) is 1. The zero-order valence-electron chi connectivity index (χ0n) is 17.1. The van der Waals surface area contributed by atoms with Crippen molar-refractivity contribution >= 4 is 27.3 Å². The molecule has 2 aromatic rings. The lowest BCUT2D eigenvalue weighted by atomic mass is 9.91. The maximum atomic E-state index is 13.4. The molecule has 0 unspecified atom stereocenters. The van der Waals surface area contributed by atoms with Gasteiger partial charge in [0.05, 0.1) is 5.69 Å². The van der Waals surface area contributed by atoms with E-state index in [1.807, 2.05) is 13.0 Å². The summed E-state index contributed by atoms with van der Waals surface area (Å²) in [5.41, 5.74) is 2.52. The van der Waals surface area contributed by atoms with E-state index in [1.54, 1.807) is 42.2 Å². The maximum absolute atomic E-state index is 13.4. The Labute approximate surface area is 176 Å². The summed E-state index contributed by atoms with van der Waals surface area (Å²) in [6.45, 7) is 4.83. The average molecular weight is 425 g/mol. The van der Waals surface area contributed by atoms with Crippen molar-refractivity contribution < 1.29 is 18.0 Å². The highest BCUT2D eigenvalue weighted by Gasteiger charge is 2.41. The lowest BCUT2D eigenvalue weighted by molar-refractivity contribution is 0.0939. The summed E-state index contributed by atoms with van der Waals surface area (Å²) in [6, 6.07) is 11.7. The van der Waals surface area contributed by atoms with Crippen LogP contribution in [0.1, 0.15) is 51.1 Å². The van der Waals surface area contributed by atoms with Gasteiger partial charge in [0, 0.05) is 24.2 Å². The van der Waals surface area contributed by atoms with Crippen molar-refractivity contribution in [3.05, 3.63) is 75.3 Å². The fraction of sp³-hybridized carbons (Fsp3) is 0.304. The van der Waals surface area contributed by atoms with Gasteiger partial charge < -0.3 is 4.90 Å². The Morgan fingerprint density at radius 1 is 0.867 bits per heavy atom. The quantitative estimate of drug-likeness (QED) is 0.807. The first-order valence-electron chi connectivity index (χ1n) is 10.1. The van der Waals surface area contributed by atoms with Crippen LogP contribution in [0.15, 0.2) is 53.1 Å². The van der Waals surface area contributed by atoms with Crippen LogP contribution in [-0.4, -0.2) is 38.0 Å². The number of nitrogens with zero attached hydrogens (tertiary/aromatic N) is 1. The third-order valence-electron chi connectivity index (χ3n) is 5.62. The molecule has 0 spiro atoms. The molecule has 156 valence electrons. The highest BCUT2D eigenvalue weighted by molar-refractivity contribution is 7.97. The molecule has 1 fully saturated rings. The molecule has 6 nitrogen and oxygen atoms in total. The van der Waals surface area contributed by atoms with Crippen LogP contribution in [0.3, 0.4) is 0 Å². The van der Waals surface area contributed by atoms with Crippen LogP contribution in [0.2, 0.25) is 0 Å². The van der Waals surface area contributed by atoms with Crippen molar-refractivity contribution in [1.29, 1.82) is 0 Å². The molecule has 0 radical (unpaired) electrons. The van der Waals surface area contributed by atoms with Crippen LogP contribution in [0.5, 0.6) is 0 Å². The van der Waals surface area contributed by atoms with Crippen molar-refractivity contribution in [1.82, 2.24) is 4.90 Å². The average Bonchev–Trinajstić information content (AvgIpc) is 2.73. The summed E-state index contributed by atoms with van der Waals surface area (Å²) in [5, 5.41) is 0. The van der Waals surface area contributed by atoms with Gasteiger partial charge in [-0.2, -0.15) is 0 Å². The molecule has 0 bridgehead atoms. The zero-order valence-corrected chi connectivity index (χ0v) is 17.9. The van der Waals surface area contributed by atoms with Gasteiger partial charge in [-0.1, -0.05) is 42.0 Å². The molecule has 0 saturated carbocycles. The molecule has 1 N–H and O–H groups in total. The predicted octanol–water partition coefficient (Wildman–Crippen LogP) is 3.82. The molecule has 1 aliphatic heterocycles. The standard InChI is InChI=1S/C23H24N2O4S/c1-15-10-11-19(16(2)14-15)24-30(28,29)23-20(25-12-6-3-7-13-25)21(26)17-8-4-5-9-18(17)22(23)27/h4-5,8-11,14,24H,3,6-7,12-13H2,1-2H3. The molecule has 1 aliphatic carbocycles. The number of sulfonamides is 1. The lowest BCUT2D eigenvalue weighted by Gasteiger charge is -2.33. The van der Waals surface area contributed by atoms with E-state index in [1.165, 1.54) is 6.07 Å². The van der Waals surface area contributed by atoms with E-state index < -0.39 is 26.5 Å². The van der Waals surface area contributed by atoms with Gasteiger partial charge in [0.25, 0.3) is 10.0 Å². The molecule has 2 aromatic carbocycles. The Hall–Kier alpha value is -2.93. The number of carbonyl (C=O) groups is 2. The summed E-state index contributed by atoms with van der Waals surface area (Å²) in [6.07, 6.45) is 2.72. The minimum absolute atomic E-state index is 0.00401. The van der Waals surface area contributed by atoms with Gasteiger partial charge in [-0.15, -0.1) is 0 Å². The van der Waals surface area contributed by atoms with Gasteiger partial charge in [0.2, 0.25) is 11.6 Å². The molecular formula is C23H24N2O4S. The topological polar surface area (TPSA) is 83.6 Å². The molecular weight excluding hydrogens is 400 g/mol. The SMILES string of the molecule is Cc1ccc(NS(=O)(=O)C2=C(N3CCCCC3)C(=O)c3ccccc3C2=O)c(C)c1. The third-order valence-corrected chi connectivity index (χ3v) is 7.02. The molecule has 7 heteroatoms. The predicted molar refractivity (Wildman–Crippen MR) is 116 cm³/mol. The van der Waals surface area contributed by atoms with Gasteiger partial charge in [-0.25, -0.2) is 8.42 Å². The molecule has 4 rings (SSSR count). The fourth-order valence-corrected chi connectivity index (χ4v) is 5.57. The maximum Gasteiger partial charge on any atom is 0.268 e. The Morgan fingerprint density at radius 3 is 2.13 bits per heavy atom. The van der Waals surface area contributed by atoms with E-state index in [0.717, 1.165) is 30.4 Å². The largest absolute Gasteiger partial charge is 0.367 e. The molecule has 0 atom stereocenters. The zero-order chi connectivity index (χ0) is 21.5. The van der Waals surface area contributed by atoms with Gasteiger partial charge in [-0.05, 0) is 44.7 Å². The van der Waals surface area contributed by atoms with E-state index in [-0.39, 0.29) is 16.8 Å². The summed E-state index contributed by atoms with van der Waals surface area (Å²) in [7, 11) is -4.28. The molecule has 0 aromatic heterocycles. The van der Waals surface area contributed by atoms with Crippen molar-refractivity contribution in [2.45, 2.75) is 33.1 Å². The Balaban J connectivity index is 1.87. The highest BCUT2D eigenvalue weighted by atomic mass is 32.2. The number of aryl methyl sites for hydroxylation is 2. The van der Waals surface area contributed by atoms with Crippen LogP contribution in [0.25, 0.3) is 0 Å². The number of ketones is 2. The third kappa shape index (κ3) is 3.54. The lowest BCUT2D eigenvalue weighted by Crippen LogP contribution is -2.40. The number of hydrogen-bond donors (Lipinski definition) is 1. The number of fused-ring (bicyclic) bond motifs is 1. The first-order valence-corrected chi connectivity index (χ1v) is 11.6. The molecule has 30 heavy (non-hydrogen) atoms. The van der Waals surface area contributed by atoms with Gasteiger partial charge in [-0.3, -0.25) is 14.3 Å². The van der Waals surface area contributed by atoms with Crippen LogP contribution in [0, 0.1) is 13.8 Å². The van der Waals surface area contributed by atoms with E-state index in [4.69, 9.17) is 0 Å². The highest BCUT2D eigenvalue weighted by Crippen LogP contribution is 2.34. The molecule has 2 aliphatic rings. The number of hydrogen-bond acceptors (Lipinski definition) is 5. The smallest absolute Gasteiger partial charge is 0.268 e. The number of nitrogens with one attached hydrogen (secondary N) is 1. The molecule has 1 heterocycles. The second-order valence-electron chi connectivity index (χ2n) is 7.85. The van der Waals surface area contributed by atoms with Gasteiger partial charge >= 0.3 is 0 Å². The number of anilines is 1. The van der Waals surface area contributed by atoms with Crippen LogP contribution in [0.4, 0.5) is 5.69 Å². The number of carbonyl (C=O) groups excluding carboxylic acids is 2. The van der Waals surface area contributed by atoms with Crippen LogP contribution < -0.4 is 4.72 Å². The second kappa shape index (κ2) is 7.72. The van der Waals surface area contributed by atoms with Gasteiger partial charge in [0.15, 0.2) is 4.91 Å². The first kappa shape index (κ1) is 20.3. The van der Waals surface area contributed by atoms with Crippen molar-refractivity contribution in [3.63, 3.8) is 0 Å². The van der Waals surface area contributed by atoms with Crippen molar-refractivity contribution in [2.75, 3.05) is 17.8 Å². The van der Waals surface area contributed by atoms with Crippen molar-refractivity contribution in [2.24, 2.45) is 0 Å². The summed E-state index contributed by atoms with van der Waals surface area (Å²) in [5.74, 6) is -1.05. The monoisotopic (exact) mass is 424 g/mol.